The quantitative estimate of drug-likeness (QED) is 0.559. The molecule has 0 radical (unpaired) electrons. The first-order valence-corrected chi connectivity index (χ1v) is 3.69. The Balaban J connectivity index is 2.10. The van der Waals surface area contributed by atoms with Crippen LogP contribution in [0.2, 0.25) is 0 Å². The van der Waals surface area contributed by atoms with Crippen molar-refractivity contribution in [2.24, 2.45) is 0 Å². The highest BCUT2D eigenvalue weighted by Gasteiger charge is 2.48. The predicted octanol–water partition coefficient (Wildman–Crippen LogP) is -0.0765. The van der Waals surface area contributed by atoms with Gasteiger partial charge in [0.15, 0.2) is 0 Å². The van der Waals surface area contributed by atoms with Gasteiger partial charge in [-0.3, -0.25) is 0 Å². The summed E-state index contributed by atoms with van der Waals surface area (Å²) in [5, 5.41) is 9.43. The van der Waals surface area contributed by atoms with E-state index in [2.05, 4.69) is 0 Å². The summed E-state index contributed by atoms with van der Waals surface area (Å²) in [6, 6.07) is 0. The Kier molecular flexibility index (Phi) is 1.44. The van der Waals surface area contributed by atoms with Gasteiger partial charge >= 0.3 is 0 Å². The number of hydrogen-bond acceptors (Lipinski definition) is 3. The minimum Gasteiger partial charge on any atom is -0.388 e. The van der Waals surface area contributed by atoms with Gasteiger partial charge in [0.25, 0.3) is 0 Å². The normalized spacial score (nSPS) is 52.2. The monoisotopic (exact) mass is 144 g/mol. The van der Waals surface area contributed by atoms with Crippen LogP contribution in [0.4, 0.5) is 0 Å². The fraction of sp³-hybridized carbons (Fsp3) is 1.00. The van der Waals surface area contributed by atoms with Crippen molar-refractivity contribution in [2.75, 3.05) is 7.11 Å². The second-order valence-electron chi connectivity index (χ2n) is 2.98. The van der Waals surface area contributed by atoms with Crippen molar-refractivity contribution in [1.82, 2.24) is 0 Å². The average molecular weight is 144 g/mol. The van der Waals surface area contributed by atoms with Gasteiger partial charge < -0.3 is 14.6 Å². The van der Waals surface area contributed by atoms with Crippen molar-refractivity contribution in [1.29, 1.82) is 0 Å². The molecule has 0 spiro atoms. The van der Waals surface area contributed by atoms with Crippen LogP contribution < -0.4 is 0 Å². The summed E-state index contributed by atoms with van der Waals surface area (Å²) >= 11 is 0. The molecule has 10 heavy (non-hydrogen) atoms. The van der Waals surface area contributed by atoms with Crippen LogP contribution in [0.25, 0.3) is 0 Å². The zero-order valence-electron chi connectivity index (χ0n) is 5.99. The maximum Gasteiger partial charge on any atom is 0.112 e. The maximum atomic E-state index is 9.43. The van der Waals surface area contributed by atoms with Crippen LogP contribution in [-0.4, -0.2) is 36.6 Å². The molecule has 2 saturated heterocycles. The molecule has 0 saturated carbocycles. The van der Waals surface area contributed by atoms with Crippen molar-refractivity contribution in [2.45, 2.75) is 37.3 Å². The molecule has 0 aromatic heterocycles. The SMILES string of the molecule is COC1C2CCC(O2)C1O. The molecule has 2 fully saturated rings. The molecule has 2 aliphatic rings. The lowest BCUT2D eigenvalue weighted by Crippen LogP contribution is -2.38. The summed E-state index contributed by atoms with van der Waals surface area (Å²) in [7, 11) is 1.62. The van der Waals surface area contributed by atoms with Crippen molar-refractivity contribution in [3.05, 3.63) is 0 Å². The van der Waals surface area contributed by atoms with Crippen molar-refractivity contribution in [3.63, 3.8) is 0 Å². The van der Waals surface area contributed by atoms with Gasteiger partial charge in [0.2, 0.25) is 0 Å². The molecule has 2 rings (SSSR count). The van der Waals surface area contributed by atoms with Crippen LogP contribution in [0.5, 0.6) is 0 Å². The number of aliphatic hydroxyl groups excluding tert-OH is 1. The fourth-order valence-electron chi connectivity index (χ4n) is 1.90. The van der Waals surface area contributed by atoms with E-state index in [9.17, 15) is 5.11 Å². The Bertz CT molecular complexity index is 135. The van der Waals surface area contributed by atoms with Crippen LogP contribution in [0.15, 0.2) is 0 Å². The Labute approximate surface area is 59.9 Å². The lowest BCUT2D eigenvalue weighted by atomic mass is 9.95. The zero-order valence-corrected chi connectivity index (χ0v) is 5.99. The van der Waals surface area contributed by atoms with Crippen LogP contribution >= 0.6 is 0 Å². The van der Waals surface area contributed by atoms with Crippen molar-refractivity contribution < 1.29 is 14.6 Å². The van der Waals surface area contributed by atoms with Crippen LogP contribution in [0.1, 0.15) is 12.8 Å². The molecule has 0 amide bonds. The van der Waals surface area contributed by atoms with Gasteiger partial charge in [0.05, 0.1) is 12.2 Å². The van der Waals surface area contributed by atoms with E-state index in [1.165, 1.54) is 0 Å². The van der Waals surface area contributed by atoms with E-state index in [1.54, 1.807) is 7.11 Å². The number of hydrogen-bond donors (Lipinski definition) is 1. The molecule has 2 aliphatic heterocycles. The van der Waals surface area contributed by atoms with Crippen molar-refractivity contribution in [3.8, 4) is 0 Å². The number of fused-ring (bicyclic) bond motifs is 2. The zero-order chi connectivity index (χ0) is 7.14. The first-order valence-electron chi connectivity index (χ1n) is 3.69. The number of ether oxygens (including phenoxy) is 2. The molecular weight excluding hydrogens is 132 g/mol. The molecule has 0 aliphatic carbocycles. The van der Waals surface area contributed by atoms with Gasteiger partial charge in [-0.25, -0.2) is 0 Å². The molecule has 58 valence electrons. The van der Waals surface area contributed by atoms with Gasteiger partial charge in [0, 0.05) is 7.11 Å². The van der Waals surface area contributed by atoms with Gasteiger partial charge in [-0.05, 0) is 12.8 Å². The van der Waals surface area contributed by atoms with Crippen LogP contribution in [0, 0.1) is 0 Å². The number of methoxy groups -OCH3 is 1. The van der Waals surface area contributed by atoms with Crippen molar-refractivity contribution >= 4 is 0 Å². The molecule has 1 N–H and O–H groups in total. The van der Waals surface area contributed by atoms with E-state index >= 15 is 0 Å². The second kappa shape index (κ2) is 2.19. The fourth-order valence-corrected chi connectivity index (χ4v) is 1.90. The minimum atomic E-state index is -0.385. The standard InChI is InChI=1S/C7H12O3/c1-9-7-5-3-2-4(10-5)6(7)8/h4-8H,2-3H2,1H3. The highest BCUT2D eigenvalue weighted by atomic mass is 16.6. The molecule has 0 aromatic carbocycles. The second-order valence-corrected chi connectivity index (χ2v) is 2.98. The van der Waals surface area contributed by atoms with Gasteiger partial charge in [-0.2, -0.15) is 0 Å². The van der Waals surface area contributed by atoms with E-state index in [1.807, 2.05) is 0 Å². The van der Waals surface area contributed by atoms with E-state index in [-0.39, 0.29) is 24.4 Å². The molecular formula is C7H12O3. The third kappa shape index (κ3) is 0.713. The Hall–Kier alpha value is -0.120. The Morgan fingerprint density at radius 2 is 2.10 bits per heavy atom. The Morgan fingerprint density at radius 1 is 1.40 bits per heavy atom. The third-order valence-corrected chi connectivity index (χ3v) is 2.44. The van der Waals surface area contributed by atoms with E-state index < -0.39 is 0 Å². The molecule has 3 heteroatoms. The van der Waals surface area contributed by atoms with Gasteiger partial charge in [0.1, 0.15) is 12.2 Å². The molecule has 0 aromatic rings. The smallest absolute Gasteiger partial charge is 0.112 e. The topological polar surface area (TPSA) is 38.7 Å². The largest absolute Gasteiger partial charge is 0.388 e. The number of rotatable bonds is 1. The summed E-state index contributed by atoms with van der Waals surface area (Å²) in [5.41, 5.74) is 0. The molecule has 4 unspecified atom stereocenters. The predicted molar refractivity (Wildman–Crippen MR) is 34.7 cm³/mol. The summed E-state index contributed by atoms with van der Waals surface area (Å²) in [6.45, 7) is 0. The summed E-state index contributed by atoms with van der Waals surface area (Å²) in [6.07, 6.45) is 1.79. The maximum absolute atomic E-state index is 9.43. The molecule has 4 atom stereocenters. The first kappa shape index (κ1) is 6.58. The summed E-state index contributed by atoms with van der Waals surface area (Å²) < 4.78 is 10.5. The van der Waals surface area contributed by atoms with E-state index in [4.69, 9.17) is 9.47 Å². The highest BCUT2D eigenvalue weighted by Crippen LogP contribution is 2.35. The van der Waals surface area contributed by atoms with Gasteiger partial charge in [-0.1, -0.05) is 0 Å². The molecule has 2 heterocycles. The Morgan fingerprint density at radius 3 is 2.50 bits per heavy atom. The highest BCUT2D eigenvalue weighted by molar-refractivity contribution is 4.97. The van der Waals surface area contributed by atoms with E-state index in [0.717, 1.165) is 12.8 Å². The lowest BCUT2D eigenvalue weighted by molar-refractivity contribution is -0.0183. The molecule has 2 bridgehead atoms. The summed E-state index contributed by atoms with van der Waals surface area (Å²) in [4.78, 5) is 0. The van der Waals surface area contributed by atoms with Gasteiger partial charge in [-0.15, -0.1) is 0 Å². The van der Waals surface area contributed by atoms with Crippen LogP contribution in [-0.2, 0) is 9.47 Å². The minimum absolute atomic E-state index is 0.0509. The summed E-state index contributed by atoms with van der Waals surface area (Å²) in [5.74, 6) is 0. The van der Waals surface area contributed by atoms with Crippen LogP contribution in [0.3, 0.4) is 0 Å². The first-order chi connectivity index (χ1) is 4.83. The molecule has 3 nitrogen and oxygen atoms in total. The number of aliphatic hydroxyl groups is 1. The lowest BCUT2D eigenvalue weighted by Gasteiger charge is -2.21. The average Bonchev–Trinajstić information content (AvgIpc) is 2.46. The van der Waals surface area contributed by atoms with E-state index in [0.29, 0.717) is 0 Å². The third-order valence-electron chi connectivity index (χ3n) is 2.44.